The molecule has 2 aromatic carbocycles. The number of rotatable bonds is 13. The Morgan fingerprint density at radius 1 is 0.971 bits per heavy atom. The van der Waals surface area contributed by atoms with E-state index in [0.29, 0.717) is 23.7 Å². The largest absolute Gasteiger partial charge is 0.494 e. The Balaban J connectivity index is 1.46. The number of benzene rings is 2. The third kappa shape index (κ3) is 8.66. The number of ether oxygens (including phenoxy) is 2. The summed E-state index contributed by atoms with van der Waals surface area (Å²) in [5, 5.41) is 15.4. The Labute approximate surface area is 205 Å². The second kappa shape index (κ2) is 13.0. The molecule has 1 atom stereocenters. The van der Waals surface area contributed by atoms with Crippen LogP contribution in [0.25, 0.3) is 0 Å². The zero-order valence-electron chi connectivity index (χ0n) is 19.9. The molecule has 0 bridgehead atoms. The van der Waals surface area contributed by atoms with Gasteiger partial charge in [0.05, 0.1) is 12.7 Å². The van der Waals surface area contributed by atoms with Crippen molar-refractivity contribution in [2.45, 2.75) is 38.8 Å². The van der Waals surface area contributed by atoms with Crippen molar-refractivity contribution in [2.75, 3.05) is 18.5 Å². The summed E-state index contributed by atoms with van der Waals surface area (Å²) in [7, 11) is 0. The number of hydrogen-bond acceptors (Lipinski definition) is 6. The fourth-order valence-electron chi connectivity index (χ4n) is 3.30. The molecule has 184 valence electrons. The van der Waals surface area contributed by atoms with Gasteiger partial charge in [-0.15, -0.1) is 0 Å². The van der Waals surface area contributed by atoms with Crippen molar-refractivity contribution in [1.29, 1.82) is 0 Å². The molecule has 0 saturated carbocycles. The van der Waals surface area contributed by atoms with Crippen molar-refractivity contribution in [3.63, 3.8) is 0 Å². The lowest BCUT2D eigenvalue weighted by Gasteiger charge is -2.16. The highest BCUT2D eigenvalue weighted by Crippen LogP contribution is 2.16. The summed E-state index contributed by atoms with van der Waals surface area (Å²) in [5.41, 5.74) is 1.15. The van der Waals surface area contributed by atoms with E-state index in [1.807, 2.05) is 44.2 Å². The van der Waals surface area contributed by atoms with Gasteiger partial charge in [0.25, 0.3) is 5.91 Å². The Morgan fingerprint density at radius 3 is 2.31 bits per heavy atom. The minimum Gasteiger partial charge on any atom is -0.494 e. The van der Waals surface area contributed by atoms with E-state index in [0.717, 1.165) is 24.3 Å². The van der Waals surface area contributed by atoms with Crippen LogP contribution in [0.15, 0.2) is 72.9 Å². The standard InChI is InChI=1S/C27H31N3O5/c1-19(2)35-23-13-9-21(10-14-23)26(31)30-24(27(32)33)18-20-7-11-22(12-8-20)34-17-5-16-29-25-6-3-4-15-28-25/h3-4,6-15,19,24H,5,16-18H2,1-2H3,(H,28,29)(H,30,31)(H,32,33)/t24-/m0/s1. The zero-order chi connectivity index (χ0) is 25.0. The fraction of sp³-hybridized carbons (Fsp3) is 0.296. The van der Waals surface area contributed by atoms with Crippen LogP contribution in [0.2, 0.25) is 0 Å². The normalized spacial score (nSPS) is 11.5. The highest BCUT2D eigenvalue weighted by molar-refractivity contribution is 5.96. The lowest BCUT2D eigenvalue weighted by molar-refractivity contribution is -0.139. The number of hydrogen-bond donors (Lipinski definition) is 3. The van der Waals surface area contributed by atoms with E-state index in [2.05, 4.69) is 15.6 Å². The lowest BCUT2D eigenvalue weighted by Crippen LogP contribution is -2.42. The molecule has 1 heterocycles. The van der Waals surface area contributed by atoms with Gasteiger partial charge in [-0.1, -0.05) is 18.2 Å². The minimum absolute atomic E-state index is 0.0251. The molecule has 0 radical (unpaired) electrons. The van der Waals surface area contributed by atoms with Gasteiger partial charge in [-0.3, -0.25) is 4.79 Å². The number of carbonyl (C=O) groups excluding carboxylic acids is 1. The molecule has 0 aliphatic heterocycles. The van der Waals surface area contributed by atoms with Gasteiger partial charge in [0.15, 0.2) is 0 Å². The molecule has 1 amide bonds. The van der Waals surface area contributed by atoms with Crippen molar-refractivity contribution >= 4 is 17.7 Å². The first kappa shape index (κ1) is 25.6. The van der Waals surface area contributed by atoms with Gasteiger partial charge in [0.2, 0.25) is 0 Å². The number of aromatic nitrogens is 1. The van der Waals surface area contributed by atoms with E-state index in [1.165, 1.54) is 0 Å². The van der Waals surface area contributed by atoms with Crippen molar-refractivity contribution in [2.24, 2.45) is 0 Å². The number of pyridine rings is 1. The third-order valence-electron chi connectivity index (χ3n) is 5.02. The van der Waals surface area contributed by atoms with Crippen LogP contribution in [0.1, 0.15) is 36.2 Å². The summed E-state index contributed by atoms with van der Waals surface area (Å²) >= 11 is 0. The van der Waals surface area contributed by atoms with Crippen molar-refractivity contribution in [3.8, 4) is 11.5 Å². The van der Waals surface area contributed by atoms with Gasteiger partial charge in [-0.2, -0.15) is 0 Å². The highest BCUT2D eigenvalue weighted by atomic mass is 16.5. The Morgan fingerprint density at radius 2 is 1.69 bits per heavy atom. The van der Waals surface area contributed by atoms with Gasteiger partial charge >= 0.3 is 5.97 Å². The number of carboxylic acids is 1. The van der Waals surface area contributed by atoms with E-state index >= 15 is 0 Å². The maximum absolute atomic E-state index is 12.6. The molecule has 3 N–H and O–H groups in total. The predicted octanol–water partition coefficient (Wildman–Crippen LogP) is 4.18. The predicted molar refractivity (Wildman–Crippen MR) is 134 cm³/mol. The summed E-state index contributed by atoms with van der Waals surface area (Å²) in [5.74, 6) is 0.630. The zero-order valence-corrected chi connectivity index (χ0v) is 19.9. The average molecular weight is 478 g/mol. The molecular formula is C27H31N3O5. The van der Waals surface area contributed by atoms with E-state index in [-0.39, 0.29) is 12.5 Å². The fourth-order valence-corrected chi connectivity index (χ4v) is 3.30. The number of anilines is 1. The van der Waals surface area contributed by atoms with Crippen LogP contribution in [0, 0.1) is 0 Å². The molecule has 3 aromatic rings. The lowest BCUT2D eigenvalue weighted by atomic mass is 10.1. The molecule has 0 aliphatic rings. The first-order valence-electron chi connectivity index (χ1n) is 11.6. The van der Waals surface area contributed by atoms with Crippen LogP contribution in [-0.2, 0) is 11.2 Å². The highest BCUT2D eigenvalue weighted by Gasteiger charge is 2.21. The molecule has 35 heavy (non-hydrogen) atoms. The monoisotopic (exact) mass is 477 g/mol. The molecule has 0 saturated heterocycles. The molecule has 0 fully saturated rings. The van der Waals surface area contributed by atoms with Crippen molar-refractivity contribution in [1.82, 2.24) is 10.3 Å². The molecule has 0 unspecified atom stereocenters. The summed E-state index contributed by atoms with van der Waals surface area (Å²) < 4.78 is 11.3. The van der Waals surface area contributed by atoms with Gasteiger partial charge in [0.1, 0.15) is 23.4 Å². The summed E-state index contributed by atoms with van der Waals surface area (Å²) in [6, 6.07) is 18.5. The number of nitrogens with zero attached hydrogens (tertiary/aromatic N) is 1. The Hall–Kier alpha value is -4.07. The number of nitrogens with one attached hydrogen (secondary N) is 2. The molecule has 8 heteroatoms. The van der Waals surface area contributed by atoms with Crippen LogP contribution in [0.4, 0.5) is 5.82 Å². The maximum atomic E-state index is 12.6. The smallest absolute Gasteiger partial charge is 0.326 e. The van der Waals surface area contributed by atoms with Crippen LogP contribution < -0.4 is 20.1 Å². The molecule has 3 rings (SSSR count). The Kier molecular flexibility index (Phi) is 9.48. The second-order valence-corrected chi connectivity index (χ2v) is 8.25. The van der Waals surface area contributed by atoms with E-state index in [4.69, 9.17) is 9.47 Å². The summed E-state index contributed by atoms with van der Waals surface area (Å²) in [6.45, 7) is 5.11. The van der Waals surface area contributed by atoms with E-state index in [9.17, 15) is 14.7 Å². The van der Waals surface area contributed by atoms with Crippen LogP contribution in [0.3, 0.4) is 0 Å². The van der Waals surface area contributed by atoms with Crippen LogP contribution >= 0.6 is 0 Å². The number of aliphatic carboxylic acids is 1. The maximum Gasteiger partial charge on any atom is 0.326 e. The SMILES string of the molecule is CC(C)Oc1ccc(C(=O)N[C@@H](Cc2ccc(OCCCNc3ccccn3)cc2)C(=O)O)cc1. The van der Waals surface area contributed by atoms with E-state index < -0.39 is 17.9 Å². The van der Waals surface area contributed by atoms with Gasteiger partial charge in [0, 0.05) is 24.7 Å². The van der Waals surface area contributed by atoms with Gasteiger partial charge < -0.3 is 25.2 Å². The van der Waals surface area contributed by atoms with Gasteiger partial charge in [-0.05, 0) is 74.4 Å². The molecular weight excluding hydrogens is 446 g/mol. The van der Waals surface area contributed by atoms with Gasteiger partial charge in [-0.25, -0.2) is 9.78 Å². The number of carbonyl (C=O) groups is 2. The topological polar surface area (TPSA) is 110 Å². The van der Waals surface area contributed by atoms with Crippen LogP contribution in [0.5, 0.6) is 11.5 Å². The third-order valence-corrected chi connectivity index (χ3v) is 5.02. The Bertz CT molecular complexity index is 1070. The quantitative estimate of drug-likeness (QED) is 0.317. The summed E-state index contributed by atoms with van der Waals surface area (Å²) in [4.78, 5) is 28.5. The first-order chi connectivity index (χ1) is 16.9. The average Bonchev–Trinajstić information content (AvgIpc) is 2.85. The van der Waals surface area contributed by atoms with Crippen molar-refractivity contribution in [3.05, 3.63) is 84.1 Å². The van der Waals surface area contributed by atoms with E-state index in [1.54, 1.807) is 42.6 Å². The number of amides is 1. The summed E-state index contributed by atoms with van der Waals surface area (Å²) in [6.07, 6.45) is 2.72. The van der Waals surface area contributed by atoms with Crippen LogP contribution in [-0.4, -0.2) is 47.3 Å². The second-order valence-electron chi connectivity index (χ2n) is 8.25. The first-order valence-corrected chi connectivity index (χ1v) is 11.6. The molecule has 1 aromatic heterocycles. The molecule has 0 spiro atoms. The molecule has 8 nitrogen and oxygen atoms in total. The minimum atomic E-state index is -1.10. The molecule has 0 aliphatic carbocycles. The van der Waals surface area contributed by atoms with Crippen molar-refractivity contribution < 1.29 is 24.2 Å². The number of carboxylic acid groups (broad SMARTS) is 1.